The molecule has 3 rings (SSSR count). The summed E-state index contributed by atoms with van der Waals surface area (Å²) in [5.74, 6) is -0.296. The SMILES string of the molecule is C=C1C(=C)C(NC2CCCC2)=C1Nc1cccc(C(=O)N(C)C)c1O.[HH].[HH]. The van der Waals surface area contributed by atoms with Gasteiger partial charge >= 0.3 is 0 Å². The summed E-state index contributed by atoms with van der Waals surface area (Å²) in [6, 6.07) is 5.58. The Morgan fingerprint density at radius 1 is 1.20 bits per heavy atom. The number of phenolic OH excluding ortho intramolecular Hbond substituents is 1. The molecular weight excluding hydrogens is 314 g/mol. The van der Waals surface area contributed by atoms with Crippen LogP contribution in [-0.4, -0.2) is 36.1 Å². The molecule has 2 aliphatic carbocycles. The van der Waals surface area contributed by atoms with Crippen molar-refractivity contribution in [1.82, 2.24) is 10.2 Å². The maximum atomic E-state index is 12.2. The number of para-hydroxylation sites is 1. The molecule has 0 aromatic heterocycles. The molecule has 0 saturated heterocycles. The Hall–Kier alpha value is -2.69. The summed E-state index contributed by atoms with van der Waals surface area (Å²) in [5, 5.41) is 17.3. The Morgan fingerprint density at radius 3 is 2.48 bits per heavy atom. The molecule has 1 aromatic rings. The third kappa shape index (κ3) is 3.14. The van der Waals surface area contributed by atoms with Gasteiger partial charge in [0.1, 0.15) is 0 Å². The van der Waals surface area contributed by atoms with Crippen molar-refractivity contribution in [3.8, 4) is 5.75 Å². The molecule has 0 aliphatic heterocycles. The lowest BCUT2D eigenvalue weighted by atomic mass is 9.88. The summed E-state index contributed by atoms with van der Waals surface area (Å²) in [4.78, 5) is 13.6. The Balaban J connectivity index is 0.00000182. The first kappa shape index (κ1) is 17.1. The Kier molecular flexibility index (Phi) is 4.57. The zero-order valence-corrected chi connectivity index (χ0v) is 14.9. The quantitative estimate of drug-likeness (QED) is 0.710. The van der Waals surface area contributed by atoms with E-state index in [1.165, 1.54) is 17.7 Å². The molecule has 136 valence electrons. The van der Waals surface area contributed by atoms with Gasteiger partial charge in [-0.25, -0.2) is 0 Å². The van der Waals surface area contributed by atoms with Crippen LogP contribution < -0.4 is 10.6 Å². The largest absolute Gasteiger partial charge is 0.505 e. The number of benzene rings is 1. The molecule has 0 radical (unpaired) electrons. The number of nitrogens with one attached hydrogen (secondary N) is 2. The van der Waals surface area contributed by atoms with Gasteiger partial charge in [0.15, 0.2) is 5.75 Å². The van der Waals surface area contributed by atoms with Crippen LogP contribution in [0, 0.1) is 0 Å². The topological polar surface area (TPSA) is 64.6 Å². The summed E-state index contributed by atoms with van der Waals surface area (Å²) in [5.41, 5.74) is 4.27. The zero-order valence-electron chi connectivity index (χ0n) is 14.9. The van der Waals surface area contributed by atoms with E-state index in [4.69, 9.17) is 0 Å². The number of hydrogen-bond acceptors (Lipinski definition) is 4. The minimum Gasteiger partial charge on any atom is -0.505 e. The zero-order chi connectivity index (χ0) is 18.1. The van der Waals surface area contributed by atoms with Crippen molar-refractivity contribution < 1.29 is 12.8 Å². The highest BCUT2D eigenvalue weighted by molar-refractivity contribution is 5.98. The van der Waals surface area contributed by atoms with E-state index in [0.717, 1.165) is 35.4 Å². The highest BCUT2D eigenvalue weighted by Gasteiger charge is 2.30. The third-order valence-electron chi connectivity index (χ3n) is 4.85. The number of allylic oxidation sites excluding steroid dienone is 2. The van der Waals surface area contributed by atoms with E-state index in [0.29, 0.717) is 11.7 Å². The van der Waals surface area contributed by atoms with Gasteiger partial charge in [-0.3, -0.25) is 4.79 Å². The fourth-order valence-electron chi connectivity index (χ4n) is 3.31. The molecule has 0 bridgehead atoms. The first-order valence-corrected chi connectivity index (χ1v) is 8.60. The second-order valence-electron chi connectivity index (χ2n) is 6.86. The molecular formula is C20H29N3O2. The number of aromatic hydroxyl groups is 1. The van der Waals surface area contributed by atoms with Crippen LogP contribution in [0.25, 0.3) is 0 Å². The molecule has 0 atom stereocenters. The fourth-order valence-corrected chi connectivity index (χ4v) is 3.31. The number of amides is 1. The van der Waals surface area contributed by atoms with Crippen molar-refractivity contribution in [2.24, 2.45) is 0 Å². The predicted octanol–water partition coefficient (Wildman–Crippen LogP) is 3.87. The lowest BCUT2D eigenvalue weighted by Gasteiger charge is -2.33. The van der Waals surface area contributed by atoms with Gasteiger partial charge in [0, 0.05) is 34.1 Å². The Bertz CT molecular complexity index is 781. The number of nitrogens with zero attached hydrogens (tertiary/aromatic N) is 1. The molecule has 0 spiro atoms. The minimum atomic E-state index is -0.240. The average molecular weight is 343 g/mol. The van der Waals surface area contributed by atoms with Crippen LogP contribution in [0.15, 0.2) is 53.9 Å². The molecule has 5 nitrogen and oxygen atoms in total. The highest BCUT2D eigenvalue weighted by atomic mass is 16.3. The van der Waals surface area contributed by atoms with Crippen molar-refractivity contribution in [1.29, 1.82) is 0 Å². The number of anilines is 1. The molecule has 1 aromatic carbocycles. The number of carbonyl (C=O) groups is 1. The fraction of sp³-hybridized carbons (Fsp3) is 0.350. The van der Waals surface area contributed by atoms with Gasteiger partial charge in [0.25, 0.3) is 5.91 Å². The summed E-state index contributed by atoms with van der Waals surface area (Å²) in [6.45, 7) is 8.11. The van der Waals surface area contributed by atoms with E-state index in [-0.39, 0.29) is 20.1 Å². The van der Waals surface area contributed by atoms with Crippen LogP contribution in [-0.2, 0) is 0 Å². The standard InChI is InChI=1S/C20H25N3O2.2H2/c1-12-13(2)18(17(12)21-14-8-5-6-9-14)22-16-11-7-10-15(19(16)24)20(25)23(3)4;;/h7,10-11,14,21-22,24H,1-2,5-6,8-9H2,3-4H3;2*1H. The van der Waals surface area contributed by atoms with Gasteiger partial charge in [-0.05, 0) is 25.0 Å². The average Bonchev–Trinajstić information content (AvgIpc) is 3.11. The first-order chi connectivity index (χ1) is 11.9. The van der Waals surface area contributed by atoms with E-state index in [1.807, 2.05) is 0 Å². The van der Waals surface area contributed by atoms with Crippen LogP contribution in [0.5, 0.6) is 5.75 Å². The molecule has 5 heteroatoms. The molecule has 3 N–H and O–H groups in total. The number of phenols is 1. The van der Waals surface area contributed by atoms with Gasteiger partial charge in [-0.1, -0.05) is 32.1 Å². The molecule has 1 fully saturated rings. The monoisotopic (exact) mass is 343 g/mol. The van der Waals surface area contributed by atoms with E-state index < -0.39 is 0 Å². The number of hydrogen-bond donors (Lipinski definition) is 3. The number of carbonyl (C=O) groups excluding carboxylic acids is 1. The summed E-state index contributed by atoms with van der Waals surface area (Å²) < 4.78 is 0. The lowest BCUT2D eigenvalue weighted by Crippen LogP contribution is -2.34. The Labute approximate surface area is 151 Å². The maximum Gasteiger partial charge on any atom is 0.257 e. The van der Waals surface area contributed by atoms with Crippen molar-refractivity contribution in [3.05, 3.63) is 59.5 Å². The lowest BCUT2D eigenvalue weighted by molar-refractivity contribution is 0.0824. The van der Waals surface area contributed by atoms with Crippen molar-refractivity contribution in [2.45, 2.75) is 31.7 Å². The van der Waals surface area contributed by atoms with Crippen molar-refractivity contribution in [3.63, 3.8) is 0 Å². The Morgan fingerprint density at radius 2 is 1.84 bits per heavy atom. The van der Waals surface area contributed by atoms with Gasteiger partial charge in [-0.2, -0.15) is 0 Å². The highest BCUT2D eigenvalue weighted by Crippen LogP contribution is 2.39. The normalized spacial score (nSPS) is 17.5. The van der Waals surface area contributed by atoms with E-state index in [1.54, 1.807) is 32.3 Å². The second kappa shape index (κ2) is 6.67. The van der Waals surface area contributed by atoms with Gasteiger partial charge in [0.05, 0.1) is 22.6 Å². The molecule has 1 amide bonds. The molecule has 0 unspecified atom stereocenters. The summed E-state index contributed by atoms with van der Waals surface area (Å²) in [6.07, 6.45) is 4.82. The summed E-state index contributed by atoms with van der Waals surface area (Å²) >= 11 is 0. The molecule has 0 heterocycles. The van der Waals surface area contributed by atoms with Crippen molar-refractivity contribution >= 4 is 11.6 Å². The predicted molar refractivity (Wildman–Crippen MR) is 105 cm³/mol. The molecule has 25 heavy (non-hydrogen) atoms. The van der Waals surface area contributed by atoms with Gasteiger partial charge in [-0.15, -0.1) is 0 Å². The van der Waals surface area contributed by atoms with Crippen molar-refractivity contribution in [2.75, 3.05) is 19.4 Å². The van der Waals surface area contributed by atoms with Crippen LogP contribution in [0.4, 0.5) is 5.69 Å². The molecule has 1 saturated carbocycles. The third-order valence-corrected chi connectivity index (χ3v) is 4.85. The van der Waals surface area contributed by atoms with Gasteiger partial charge in [0.2, 0.25) is 0 Å². The first-order valence-electron chi connectivity index (χ1n) is 8.60. The van der Waals surface area contributed by atoms with Crippen LogP contribution in [0.1, 0.15) is 38.9 Å². The van der Waals surface area contributed by atoms with E-state index in [9.17, 15) is 9.90 Å². The second-order valence-corrected chi connectivity index (χ2v) is 6.86. The maximum absolute atomic E-state index is 12.2. The molecule has 2 aliphatic rings. The van der Waals surface area contributed by atoms with Crippen LogP contribution in [0.3, 0.4) is 0 Å². The van der Waals surface area contributed by atoms with Crippen LogP contribution >= 0.6 is 0 Å². The van der Waals surface area contributed by atoms with E-state index >= 15 is 0 Å². The summed E-state index contributed by atoms with van der Waals surface area (Å²) in [7, 11) is 3.32. The van der Waals surface area contributed by atoms with E-state index in [2.05, 4.69) is 23.8 Å². The minimum absolute atomic E-state index is 0. The smallest absolute Gasteiger partial charge is 0.257 e. The number of rotatable bonds is 5. The van der Waals surface area contributed by atoms with Crippen LogP contribution in [0.2, 0.25) is 0 Å². The van der Waals surface area contributed by atoms with Gasteiger partial charge < -0.3 is 20.6 Å².